The summed E-state index contributed by atoms with van der Waals surface area (Å²) in [5.41, 5.74) is 24.7. The first kappa shape index (κ1) is 99.7. The van der Waals surface area contributed by atoms with E-state index in [1.54, 1.807) is 17.2 Å². The number of aliphatic hydroxyl groups is 6. The summed E-state index contributed by atoms with van der Waals surface area (Å²) in [5.74, 6) is 1.42. The van der Waals surface area contributed by atoms with Gasteiger partial charge in [-0.1, -0.05) is 322 Å². The molecule has 1 amide bonds. The minimum Gasteiger partial charge on any atom is -0.392 e. The molecule has 13 atom stereocenters. The summed E-state index contributed by atoms with van der Waals surface area (Å²) in [4.78, 5) is 23.1. The molecule has 9 aliphatic rings. The van der Waals surface area contributed by atoms with E-state index in [9.17, 15) is 49.0 Å². The van der Waals surface area contributed by atoms with Crippen molar-refractivity contribution in [1.82, 2.24) is 0 Å². The van der Waals surface area contributed by atoms with Gasteiger partial charge in [-0.05, 0) is 262 Å². The highest BCUT2D eigenvalue weighted by Crippen LogP contribution is 2.64. The highest BCUT2D eigenvalue weighted by atomic mass is 35.5. The lowest BCUT2D eigenvalue weighted by atomic mass is 9.61. The summed E-state index contributed by atoms with van der Waals surface area (Å²) < 4.78 is 27.1. The van der Waals surface area contributed by atoms with Crippen LogP contribution in [0.5, 0.6) is 0 Å². The Balaban J connectivity index is 0.000000152. The Morgan fingerprint density at radius 3 is 1.23 bits per heavy atom. The second-order valence-corrected chi connectivity index (χ2v) is 48.9. The number of rotatable bonds is 3. The Morgan fingerprint density at radius 1 is 0.435 bits per heavy atom. The Kier molecular flexibility index (Phi) is 29.4. The molecule has 680 valence electrons. The van der Waals surface area contributed by atoms with Gasteiger partial charge < -0.3 is 36.4 Å². The SMILES string of the molecule is CC(C)(C)C1c2ccccc2C2(CCC2)C1O.CC(C)C1CCC(=O)c2ccccc21.CC1(C)CC(O)C(C(C)(C)C)c2cc(C(N)=O)ccc21.CC1(C)CC(O)C(C(C)(C)C)c2cc(CO)ccc21.CC1(C)CC(O)C(C(C)(C)C)c2cc(Cl)ccc21.CC1(C)CC(O)C(C(C)(C)C)c2cc(F)c(F)cc21.CC1CC2(CC2)c2ccccc2C1C(C)(C)C. The monoisotopic (exact) mass is 1720 g/mol. The predicted molar refractivity (Wildman–Crippen MR) is 510 cm³/mol. The van der Waals surface area contributed by atoms with Gasteiger partial charge in [0.1, 0.15) is 0 Å². The molecule has 8 N–H and O–H groups in total. The number of hydrogen-bond donors (Lipinski definition) is 7. The maximum absolute atomic E-state index is 13.6. The molecule has 2 fully saturated rings. The molecule has 12 heteroatoms. The van der Waals surface area contributed by atoms with Crippen molar-refractivity contribution in [3.63, 3.8) is 0 Å². The molecule has 124 heavy (non-hydrogen) atoms. The number of fused-ring (bicyclic) bond motifs is 9. The van der Waals surface area contributed by atoms with Crippen LogP contribution in [0.2, 0.25) is 5.02 Å². The van der Waals surface area contributed by atoms with E-state index in [4.69, 9.17) is 17.3 Å². The topological polar surface area (TPSA) is 182 Å². The second-order valence-electron chi connectivity index (χ2n) is 48.5. The zero-order valence-electron chi connectivity index (χ0n) is 81.3. The van der Waals surface area contributed by atoms with Crippen molar-refractivity contribution in [1.29, 1.82) is 0 Å². The van der Waals surface area contributed by atoms with Crippen molar-refractivity contribution in [2.24, 2.45) is 50.1 Å². The zero-order chi connectivity index (χ0) is 92.7. The van der Waals surface area contributed by atoms with E-state index in [0.29, 0.717) is 46.4 Å². The van der Waals surface area contributed by atoms with Gasteiger partial charge in [-0.3, -0.25) is 9.59 Å². The Bertz CT molecular complexity index is 4920. The van der Waals surface area contributed by atoms with E-state index in [0.717, 1.165) is 89.6 Å². The van der Waals surface area contributed by atoms with Gasteiger partial charge in [-0.25, -0.2) is 8.78 Å². The second kappa shape index (κ2) is 36.5. The Morgan fingerprint density at radius 2 is 0.815 bits per heavy atom. The fourth-order valence-corrected chi connectivity index (χ4v) is 24.8. The van der Waals surface area contributed by atoms with Gasteiger partial charge in [0.15, 0.2) is 17.4 Å². The molecule has 13 unspecified atom stereocenters. The lowest BCUT2D eigenvalue weighted by Gasteiger charge is -2.45. The summed E-state index contributed by atoms with van der Waals surface area (Å²) in [6, 6.07) is 46.6. The van der Waals surface area contributed by atoms with Crippen LogP contribution in [0.3, 0.4) is 0 Å². The molecular weight excluding hydrogens is 1560 g/mol. The number of halogens is 3. The fourth-order valence-electron chi connectivity index (χ4n) is 24.6. The van der Waals surface area contributed by atoms with Crippen LogP contribution in [0.15, 0.2) is 140 Å². The van der Waals surface area contributed by atoms with Crippen molar-refractivity contribution < 1.29 is 49.0 Å². The third-order valence-corrected chi connectivity index (χ3v) is 30.4. The van der Waals surface area contributed by atoms with E-state index in [1.807, 2.05) is 83.1 Å². The number of benzene rings is 7. The van der Waals surface area contributed by atoms with E-state index in [1.165, 1.54) is 82.3 Å². The standard InChI is InChI=1S/C17H25NO2.C17H26O2.C17H24.C16H23ClO.C16H22F2O.C16H22O.C13H16O/c1-16(2,3)14-11-8-10(15(18)20)6-7-12(11)17(4,5)9-13(14)19;1-16(2,3)15-12-8-11(10-18)6-7-13(12)17(4,5)9-14(15)19;1-12-11-17(9-10-17)14-8-6-5-7-13(14)15(12)16(2,3)4;1-15(2,3)14-11-8-10(17)6-7-12(11)16(4,5)9-13(14)18;1-15(2,3)14-9-6-11(17)12(18)7-10(9)16(4,5)8-13(14)19;1-15(2,3)13-11-7-4-5-8-12(11)16(14(13)17)9-6-10-16;1-9(2)10-7-8-13(14)12-6-4-3-5-11(10)12/h6-8,13-14,19H,9H2,1-5H3,(H2,18,20);6-8,14-15,18-19H,9-10H2,1-5H3;5-8,12,15H,9-11H2,1-4H3;6-8,13-14,18H,9H2,1-5H3;6-7,13-14,19H,8H2,1-5H3;4-5,7-8,13-14,17H,6,9-10H2,1-3H3;3-6,9-10H,7-8H2,1-2H3. The summed E-state index contributed by atoms with van der Waals surface area (Å²) in [6.45, 7) is 63.4. The van der Waals surface area contributed by atoms with Crippen molar-refractivity contribution in [3.8, 4) is 0 Å². The summed E-state index contributed by atoms with van der Waals surface area (Å²) in [6.07, 6.45) is 10.7. The number of ketones is 1. The van der Waals surface area contributed by atoms with Crippen molar-refractivity contribution in [3.05, 3.63) is 245 Å². The van der Waals surface area contributed by atoms with Gasteiger partial charge in [-0.2, -0.15) is 0 Å². The number of nitrogens with two attached hydrogens (primary N) is 1. The molecule has 7 aromatic rings. The van der Waals surface area contributed by atoms with Crippen LogP contribution in [0.4, 0.5) is 8.78 Å². The van der Waals surface area contributed by atoms with Gasteiger partial charge in [0, 0.05) is 57.6 Å². The molecule has 7 aromatic carbocycles. The summed E-state index contributed by atoms with van der Waals surface area (Å²) >= 11 is 6.15. The maximum atomic E-state index is 13.6. The highest BCUT2D eigenvalue weighted by molar-refractivity contribution is 6.30. The minimum absolute atomic E-state index is 0.00944. The first-order valence-corrected chi connectivity index (χ1v) is 47.0. The molecule has 0 bridgehead atoms. The van der Waals surface area contributed by atoms with Crippen LogP contribution in [0.25, 0.3) is 0 Å². The number of carbonyl (C=O) groups is 2. The average molecular weight is 1720 g/mol. The summed E-state index contributed by atoms with van der Waals surface area (Å²) in [5, 5.41) is 63.1. The molecule has 0 radical (unpaired) electrons. The number of carbonyl (C=O) groups excluding carboxylic acids is 2. The third-order valence-electron chi connectivity index (χ3n) is 30.1. The predicted octanol–water partition coefficient (Wildman–Crippen LogP) is 26.9. The molecule has 0 aliphatic heterocycles. The molecule has 2 saturated carbocycles. The quantitative estimate of drug-likeness (QED) is 0.0912. The first-order valence-electron chi connectivity index (χ1n) is 46.7. The van der Waals surface area contributed by atoms with E-state index in [-0.39, 0.29) is 103 Å². The lowest BCUT2D eigenvalue weighted by molar-refractivity contribution is 0.000515. The third kappa shape index (κ3) is 21.0. The van der Waals surface area contributed by atoms with E-state index >= 15 is 0 Å². The van der Waals surface area contributed by atoms with Gasteiger partial charge in [0.2, 0.25) is 5.91 Å². The van der Waals surface area contributed by atoms with Gasteiger partial charge in [0.25, 0.3) is 0 Å². The normalized spacial score (nSPS) is 26.6. The van der Waals surface area contributed by atoms with Crippen LogP contribution in [0, 0.1) is 56.0 Å². The van der Waals surface area contributed by atoms with Gasteiger partial charge >= 0.3 is 0 Å². The Hall–Kier alpha value is -6.41. The van der Waals surface area contributed by atoms with Crippen molar-refractivity contribution in [2.75, 3.05) is 0 Å². The Labute approximate surface area is 751 Å². The average Bonchev–Trinajstić information content (AvgIpc) is 1.54. The van der Waals surface area contributed by atoms with Crippen molar-refractivity contribution in [2.45, 2.75) is 389 Å². The fraction of sp³-hybridized carbons (Fsp3) is 0.607. The largest absolute Gasteiger partial charge is 0.392 e. The van der Waals surface area contributed by atoms with Crippen LogP contribution in [0.1, 0.15) is 418 Å². The van der Waals surface area contributed by atoms with Crippen LogP contribution in [-0.2, 0) is 39.1 Å². The molecule has 16 rings (SSSR count). The maximum Gasteiger partial charge on any atom is 0.248 e. The molecular formula is C112H158ClF2NO8. The van der Waals surface area contributed by atoms with Crippen molar-refractivity contribution >= 4 is 23.3 Å². The van der Waals surface area contributed by atoms with Crippen LogP contribution >= 0.6 is 11.6 Å². The molecule has 0 aromatic heterocycles. The number of hydrogen-bond acceptors (Lipinski definition) is 8. The minimum atomic E-state index is -0.835. The van der Waals surface area contributed by atoms with E-state index in [2.05, 4.69) is 239 Å². The van der Waals surface area contributed by atoms with Gasteiger partial charge in [-0.15, -0.1) is 0 Å². The molecule has 9 nitrogen and oxygen atoms in total. The molecule has 9 aliphatic carbocycles. The molecule has 2 spiro atoms. The highest BCUT2D eigenvalue weighted by Gasteiger charge is 2.58. The number of aliphatic hydroxyl groups excluding tert-OH is 6. The first-order chi connectivity index (χ1) is 57.0. The van der Waals surface area contributed by atoms with Gasteiger partial charge in [0.05, 0.1) is 37.1 Å². The number of primary amides is 1. The van der Waals surface area contributed by atoms with Crippen LogP contribution < -0.4 is 5.73 Å². The van der Waals surface area contributed by atoms with E-state index < -0.39 is 29.7 Å². The smallest absolute Gasteiger partial charge is 0.248 e. The number of Topliss-reactive ketones (excluding diaryl/α,β-unsaturated/α-hetero) is 1. The zero-order valence-corrected chi connectivity index (χ0v) is 82.0. The molecule has 0 saturated heterocycles. The number of amides is 1. The molecule has 0 heterocycles. The summed E-state index contributed by atoms with van der Waals surface area (Å²) in [7, 11) is 0. The van der Waals surface area contributed by atoms with Crippen LogP contribution in [-0.4, -0.2) is 72.8 Å². The lowest BCUT2D eigenvalue weighted by Crippen LogP contribution is -2.45.